The van der Waals surface area contributed by atoms with E-state index in [-0.39, 0.29) is 12.5 Å². The number of ether oxygens (including phenoxy) is 1. The second-order valence-electron chi connectivity index (χ2n) is 6.72. The van der Waals surface area contributed by atoms with Crippen LogP contribution >= 0.6 is 0 Å². The highest BCUT2D eigenvalue weighted by Crippen LogP contribution is 2.32. The van der Waals surface area contributed by atoms with Crippen LogP contribution in [0.5, 0.6) is 5.75 Å². The van der Waals surface area contributed by atoms with Gasteiger partial charge in [0.2, 0.25) is 0 Å². The highest BCUT2D eigenvalue weighted by atomic mass is 16.5. The minimum atomic E-state index is 0.00158. The van der Waals surface area contributed by atoms with Gasteiger partial charge in [0.1, 0.15) is 5.75 Å². The maximum absolute atomic E-state index is 11.6. The summed E-state index contributed by atoms with van der Waals surface area (Å²) in [5.74, 6) is 0.822. The SMILES string of the molecule is CN(CCCCc1ccc2c(c1)OCC(=O)N2C)Cc1ccccc1. The first-order valence-electron chi connectivity index (χ1n) is 8.88. The van der Waals surface area contributed by atoms with Gasteiger partial charge >= 0.3 is 0 Å². The molecule has 2 aromatic rings. The van der Waals surface area contributed by atoms with E-state index >= 15 is 0 Å². The van der Waals surface area contributed by atoms with E-state index in [1.807, 2.05) is 6.07 Å². The Hall–Kier alpha value is -2.33. The number of hydrogen-bond acceptors (Lipinski definition) is 3. The number of benzene rings is 2. The highest BCUT2D eigenvalue weighted by molar-refractivity contribution is 5.97. The lowest BCUT2D eigenvalue weighted by Crippen LogP contribution is -2.35. The fraction of sp³-hybridized carbons (Fsp3) is 0.381. The molecule has 0 unspecified atom stereocenters. The molecule has 1 amide bonds. The lowest BCUT2D eigenvalue weighted by atomic mass is 10.1. The van der Waals surface area contributed by atoms with Crippen molar-refractivity contribution in [1.29, 1.82) is 0 Å². The number of anilines is 1. The summed E-state index contributed by atoms with van der Waals surface area (Å²) in [5, 5.41) is 0. The average Bonchev–Trinajstić information content (AvgIpc) is 2.63. The van der Waals surface area contributed by atoms with Gasteiger partial charge in [-0.25, -0.2) is 0 Å². The topological polar surface area (TPSA) is 32.8 Å². The quantitative estimate of drug-likeness (QED) is 0.725. The third kappa shape index (κ3) is 4.60. The highest BCUT2D eigenvalue weighted by Gasteiger charge is 2.21. The van der Waals surface area contributed by atoms with Gasteiger partial charge in [-0.05, 0) is 56.1 Å². The van der Waals surface area contributed by atoms with E-state index in [0.29, 0.717) is 0 Å². The van der Waals surface area contributed by atoms with Crippen LogP contribution in [0.3, 0.4) is 0 Å². The van der Waals surface area contributed by atoms with Crippen molar-refractivity contribution in [3.63, 3.8) is 0 Å². The Labute approximate surface area is 150 Å². The van der Waals surface area contributed by atoms with E-state index in [1.54, 1.807) is 11.9 Å². The predicted molar refractivity (Wildman–Crippen MR) is 101 cm³/mol. The molecule has 0 saturated heterocycles. The maximum atomic E-state index is 11.6. The van der Waals surface area contributed by atoms with E-state index in [2.05, 4.69) is 54.4 Å². The van der Waals surface area contributed by atoms with Gasteiger partial charge in [0, 0.05) is 13.6 Å². The Kier molecular flexibility index (Phi) is 5.71. The average molecular weight is 338 g/mol. The molecule has 3 rings (SSSR count). The summed E-state index contributed by atoms with van der Waals surface area (Å²) in [6.45, 7) is 2.22. The summed E-state index contributed by atoms with van der Waals surface area (Å²) >= 11 is 0. The van der Waals surface area contributed by atoms with E-state index < -0.39 is 0 Å². The number of likely N-dealkylation sites (N-methyl/N-ethyl adjacent to an activating group) is 1. The summed E-state index contributed by atoms with van der Waals surface area (Å²) in [4.78, 5) is 15.7. The Balaban J connectivity index is 1.44. The van der Waals surface area contributed by atoms with Crippen LogP contribution in [0.25, 0.3) is 0 Å². The number of carbonyl (C=O) groups is 1. The van der Waals surface area contributed by atoms with Crippen LogP contribution in [0.1, 0.15) is 24.0 Å². The number of fused-ring (bicyclic) bond motifs is 1. The fourth-order valence-electron chi connectivity index (χ4n) is 3.16. The van der Waals surface area contributed by atoms with Crippen LogP contribution in [-0.2, 0) is 17.8 Å². The summed E-state index contributed by atoms with van der Waals surface area (Å²) in [5.41, 5.74) is 3.49. The molecule has 0 saturated carbocycles. The molecule has 1 aliphatic heterocycles. The van der Waals surface area contributed by atoms with Crippen LogP contribution in [0.2, 0.25) is 0 Å². The molecule has 0 aromatic heterocycles. The molecule has 1 heterocycles. The van der Waals surface area contributed by atoms with Gasteiger partial charge in [-0.15, -0.1) is 0 Å². The lowest BCUT2D eigenvalue weighted by Gasteiger charge is -2.26. The normalized spacial score (nSPS) is 13.7. The largest absolute Gasteiger partial charge is 0.482 e. The van der Waals surface area contributed by atoms with Crippen LogP contribution < -0.4 is 9.64 Å². The standard InChI is InChI=1S/C21H26N2O2/c1-22(15-18-9-4-3-5-10-18)13-7-6-8-17-11-12-19-20(14-17)25-16-21(24)23(19)2/h3-5,9-12,14H,6-8,13,15-16H2,1-2H3. The van der Waals surface area contributed by atoms with Crippen molar-refractivity contribution in [3.8, 4) is 5.75 Å². The molecule has 1 aliphatic rings. The van der Waals surface area contributed by atoms with Crippen LogP contribution in [0.15, 0.2) is 48.5 Å². The molecule has 0 spiro atoms. The summed E-state index contributed by atoms with van der Waals surface area (Å²) in [6, 6.07) is 16.7. The number of aryl methyl sites for hydroxylation is 1. The van der Waals surface area contributed by atoms with Crippen molar-refractivity contribution in [2.24, 2.45) is 0 Å². The van der Waals surface area contributed by atoms with Gasteiger partial charge in [-0.1, -0.05) is 36.4 Å². The van der Waals surface area contributed by atoms with Crippen LogP contribution in [-0.4, -0.2) is 38.1 Å². The van der Waals surface area contributed by atoms with Crippen molar-refractivity contribution >= 4 is 11.6 Å². The minimum Gasteiger partial charge on any atom is -0.482 e. The third-order valence-corrected chi connectivity index (χ3v) is 4.66. The number of hydrogen-bond donors (Lipinski definition) is 0. The third-order valence-electron chi connectivity index (χ3n) is 4.66. The molecule has 0 bridgehead atoms. The molecule has 4 nitrogen and oxygen atoms in total. The molecule has 0 radical (unpaired) electrons. The molecular formula is C21H26N2O2. The van der Waals surface area contributed by atoms with Gasteiger partial charge in [0.25, 0.3) is 5.91 Å². The zero-order valence-electron chi connectivity index (χ0n) is 15.1. The van der Waals surface area contributed by atoms with Crippen LogP contribution in [0, 0.1) is 0 Å². The van der Waals surface area contributed by atoms with Crippen molar-refractivity contribution in [2.75, 3.05) is 32.1 Å². The van der Waals surface area contributed by atoms with Crippen LogP contribution in [0.4, 0.5) is 5.69 Å². The molecule has 0 N–H and O–H groups in total. The van der Waals surface area contributed by atoms with Gasteiger partial charge in [-0.2, -0.15) is 0 Å². The van der Waals surface area contributed by atoms with Crippen molar-refractivity contribution in [3.05, 3.63) is 59.7 Å². The Bertz CT molecular complexity index is 715. The first-order valence-corrected chi connectivity index (χ1v) is 8.88. The second-order valence-corrected chi connectivity index (χ2v) is 6.72. The number of rotatable bonds is 7. The summed E-state index contributed by atoms with van der Waals surface area (Å²) < 4.78 is 5.56. The predicted octanol–water partition coefficient (Wildman–Crippen LogP) is 3.50. The molecule has 132 valence electrons. The number of nitrogens with zero attached hydrogens (tertiary/aromatic N) is 2. The Morgan fingerprint density at radius 1 is 1.08 bits per heavy atom. The first-order chi connectivity index (χ1) is 12.1. The molecular weight excluding hydrogens is 312 g/mol. The van der Waals surface area contributed by atoms with Crippen molar-refractivity contribution in [2.45, 2.75) is 25.8 Å². The molecule has 0 aliphatic carbocycles. The monoisotopic (exact) mass is 338 g/mol. The summed E-state index contributed by atoms with van der Waals surface area (Å²) in [7, 11) is 3.97. The van der Waals surface area contributed by atoms with E-state index in [4.69, 9.17) is 4.74 Å². The Morgan fingerprint density at radius 3 is 2.68 bits per heavy atom. The number of carbonyl (C=O) groups excluding carboxylic acids is 1. The van der Waals surface area contributed by atoms with Gasteiger partial charge < -0.3 is 14.5 Å². The zero-order valence-corrected chi connectivity index (χ0v) is 15.1. The van der Waals surface area contributed by atoms with E-state index in [0.717, 1.165) is 37.4 Å². The smallest absolute Gasteiger partial charge is 0.264 e. The second kappa shape index (κ2) is 8.17. The summed E-state index contributed by atoms with van der Waals surface area (Å²) in [6.07, 6.45) is 3.35. The number of amides is 1. The fourth-order valence-corrected chi connectivity index (χ4v) is 3.16. The molecule has 0 atom stereocenters. The molecule has 4 heteroatoms. The zero-order chi connectivity index (χ0) is 17.6. The van der Waals surface area contributed by atoms with E-state index in [9.17, 15) is 4.79 Å². The molecule has 2 aromatic carbocycles. The maximum Gasteiger partial charge on any atom is 0.264 e. The number of unbranched alkanes of at least 4 members (excludes halogenated alkanes) is 1. The molecule has 25 heavy (non-hydrogen) atoms. The van der Waals surface area contributed by atoms with Crippen molar-refractivity contribution in [1.82, 2.24) is 4.90 Å². The first kappa shape index (κ1) is 17.5. The minimum absolute atomic E-state index is 0.00158. The lowest BCUT2D eigenvalue weighted by molar-refractivity contribution is -0.120. The molecule has 0 fully saturated rings. The van der Waals surface area contributed by atoms with Gasteiger partial charge in [0.15, 0.2) is 6.61 Å². The van der Waals surface area contributed by atoms with Crippen molar-refractivity contribution < 1.29 is 9.53 Å². The van der Waals surface area contributed by atoms with E-state index in [1.165, 1.54) is 17.5 Å². The van der Waals surface area contributed by atoms with Gasteiger partial charge in [-0.3, -0.25) is 4.79 Å². The Morgan fingerprint density at radius 2 is 1.88 bits per heavy atom. The van der Waals surface area contributed by atoms with Gasteiger partial charge in [0.05, 0.1) is 5.69 Å².